The number of aryl methyl sites for hydroxylation is 1. The van der Waals surface area contributed by atoms with E-state index in [9.17, 15) is 5.26 Å². The predicted octanol–water partition coefficient (Wildman–Crippen LogP) is 2.81. The third-order valence-corrected chi connectivity index (χ3v) is 4.80. The van der Waals surface area contributed by atoms with Crippen LogP contribution in [-0.2, 0) is 0 Å². The second kappa shape index (κ2) is 5.85. The molecule has 20 heavy (non-hydrogen) atoms. The van der Waals surface area contributed by atoms with Crippen LogP contribution in [0.1, 0.15) is 24.8 Å². The number of hydrogen-bond acceptors (Lipinski definition) is 3. The molecule has 2 fully saturated rings. The summed E-state index contributed by atoms with van der Waals surface area (Å²) in [6.07, 6.45) is 3.53. The Morgan fingerprint density at radius 3 is 2.65 bits per heavy atom. The van der Waals surface area contributed by atoms with E-state index >= 15 is 0 Å². The molecule has 0 spiro atoms. The minimum atomic E-state index is 0.264. The zero-order chi connectivity index (χ0) is 13.9. The molecule has 106 valence electrons. The van der Waals surface area contributed by atoms with Crippen LogP contribution in [-0.4, -0.2) is 37.1 Å². The fourth-order valence-electron chi connectivity index (χ4n) is 3.66. The van der Waals surface area contributed by atoms with Gasteiger partial charge < -0.3 is 4.90 Å². The minimum absolute atomic E-state index is 0.264. The third kappa shape index (κ3) is 2.66. The van der Waals surface area contributed by atoms with Crippen molar-refractivity contribution in [2.24, 2.45) is 5.92 Å². The summed E-state index contributed by atoms with van der Waals surface area (Å²) in [5.74, 6) is 0.264. The van der Waals surface area contributed by atoms with Gasteiger partial charge in [-0.05, 0) is 37.5 Å². The Hall–Kier alpha value is -1.53. The van der Waals surface area contributed by atoms with Crippen LogP contribution in [0.3, 0.4) is 0 Å². The van der Waals surface area contributed by atoms with Gasteiger partial charge >= 0.3 is 0 Å². The molecule has 3 rings (SSSR count). The van der Waals surface area contributed by atoms with Gasteiger partial charge in [-0.25, -0.2) is 0 Å². The van der Waals surface area contributed by atoms with Crippen molar-refractivity contribution in [1.29, 1.82) is 5.26 Å². The Kier molecular flexibility index (Phi) is 3.93. The number of benzene rings is 1. The van der Waals surface area contributed by atoms with E-state index < -0.39 is 0 Å². The number of nitriles is 1. The molecular weight excluding hydrogens is 246 g/mol. The largest absolute Gasteiger partial charge is 0.369 e. The van der Waals surface area contributed by atoms with E-state index in [0.717, 1.165) is 32.6 Å². The maximum Gasteiger partial charge on any atom is 0.0672 e. The molecule has 0 bridgehead atoms. The maximum atomic E-state index is 9.24. The van der Waals surface area contributed by atoms with Gasteiger partial charge in [0.25, 0.3) is 0 Å². The molecule has 0 aromatic heterocycles. The Bertz CT molecular complexity index is 497. The van der Waals surface area contributed by atoms with E-state index in [1.54, 1.807) is 0 Å². The molecule has 1 aliphatic carbocycles. The fourth-order valence-corrected chi connectivity index (χ4v) is 3.66. The van der Waals surface area contributed by atoms with E-state index in [1.165, 1.54) is 24.1 Å². The van der Waals surface area contributed by atoms with Crippen molar-refractivity contribution in [2.45, 2.75) is 32.2 Å². The molecule has 0 amide bonds. The molecule has 3 nitrogen and oxygen atoms in total. The first-order chi connectivity index (χ1) is 9.78. The van der Waals surface area contributed by atoms with Crippen molar-refractivity contribution < 1.29 is 0 Å². The topological polar surface area (TPSA) is 30.3 Å². The van der Waals surface area contributed by atoms with Gasteiger partial charge in [0.2, 0.25) is 0 Å². The molecular formula is C17H23N3. The molecule has 2 aliphatic rings. The Labute approximate surface area is 121 Å². The van der Waals surface area contributed by atoms with Crippen LogP contribution in [0.2, 0.25) is 0 Å². The third-order valence-electron chi connectivity index (χ3n) is 4.80. The van der Waals surface area contributed by atoms with Crippen molar-refractivity contribution in [3.63, 3.8) is 0 Å². The van der Waals surface area contributed by atoms with Crippen molar-refractivity contribution in [2.75, 3.05) is 31.1 Å². The number of hydrogen-bond donors (Lipinski definition) is 0. The highest BCUT2D eigenvalue weighted by Gasteiger charge is 2.33. The monoisotopic (exact) mass is 269 g/mol. The molecule has 1 saturated carbocycles. The Morgan fingerprint density at radius 1 is 1.15 bits per heavy atom. The summed E-state index contributed by atoms with van der Waals surface area (Å²) in [4.78, 5) is 5.02. The van der Waals surface area contributed by atoms with Gasteiger partial charge in [-0.3, -0.25) is 4.90 Å². The Balaban J connectivity index is 1.61. The minimum Gasteiger partial charge on any atom is -0.369 e. The lowest BCUT2D eigenvalue weighted by atomic mass is 10.0. The van der Waals surface area contributed by atoms with Crippen LogP contribution in [0.5, 0.6) is 0 Å². The van der Waals surface area contributed by atoms with Crippen molar-refractivity contribution >= 4 is 5.69 Å². The number of nitrogens with zero attached hydrogens (tertiary/aromatic N) is 3. The van der Waals surface area contributed by atoms with Gasteiger partial charge in [0.05, 0.1) is 12.0 Å². The molecule has 1 saturated heterocycles. The second-order valence-electron chi connectivity index (χ2n) is 6.10. The van der Waals surface area contributed by atoms with Crippen LogP contribution in [0.15, 0.2) is 24.3 Å². The molecule has 1 aromatic carbocycles. The molecule has 1 heterocycles. The van der Waals surface area contributed by atoms with Crippen LogP contribution in [0.25, 0.3) is 0 Å². The molecule has 0 N–H and O–H groups in total. The lowest BCUT2D eigenvalue weighted by Crippen LogP contribution is -2.51. The van der Waals surface area contributed by atoms with Crippen molar-refractivity contribution in [3.8, 4) is 6.07 Å². The van der Waals surface area contributed by atoms with Crippen LogP contribution in [0.4, 0.5) is 5.69 Å². The summed E-state index contributed by atoms with van der Waals surface area (Å²) >= 11 is 0. The van der Waals surface area contributed by atoms with Gasteiger partial charge in [0.15, 0.2) is 0 Å². The summed E-state index contributed by atoms with van der Waals surface area (Å²) in [6.45, 7) is 6.50. The molecule has 1 aromatic rings. The average molecular weight is 269 g/mol. The fraction of sp³-hybridized carbons (Fsp3) is 0.588. The quantitative estimate of drug-likeness (QED) is 0.827. The lowest BCUT2D eigenvalue weighted by molar-refractivity contribution is 0.168. The van der Waals surface area contributed by atoms with Crippen LogP contribution in [0, 0.1) is 24.2 Å². The van der Waals surface area contributed by atoms with Gasteiger partial charge in [-0.2, -0.15) is 5.26 Å². The van der Waals surface area contributed by atoms with E-state index in [4.69, 9.17) is 0 Å². The highest BCUT2D eigenvalue weighted by molar-refractivity contribution is 5.48. The van der Waals surface area contributed by atoms with Gasteiger partial charge in [0.1, 0.15) is 0 Å². The normalized spacial score (nSPS) is 27.5. The highest BCUT2D eigenvalue weighted by atomic mass is 15.3. The zero-order valence-corrected chi connectivity index (χ0v) is 12.3. The second-order valence-corrected chi connectivity index (χ2v) is 6.10. The maximum absolute atomic E-state index is 9.24. The Morgan fingerprint density at radius 2 is 1.95 bits per heavy atom. The van der Waals surface area contributed by atoms with E-state index in [2.05, 4.69) is 47.1 Å². The van der Waals surface area contributed by atoms with Crippen molar-refractivity contribution in [3.05, 3.63) is 29.8 Å². The smallest absolute Gasteiger partial charge is 0.0672 e. The van der Waals surface area contributed by atoms with E-state index in [0.29, 0.717) is 6.04 Å². The summed E-state index contributed by atoms with van der Waals surface area (Å²) in [7, 11) is 0. The van der Waals surface area contributed by atoms with E-state index in [1.807, 2.05) is 0 Å². The molecule has 2 atom stereocenters. The number of rotatable bonds is 2. The summed E-state index contributed by atoms with van der Waals surface area (Å²) in [6, 6.07) is 11.8. The number of anilines is 1. The summed E-state index contributed by atoms with van der Waals surface area (Å²) in [5, 5.41) is 9.24. The summed E-state index contributed by atoms with van der Waals surface area (Å²) < 4.78 is 0. The average Bonchev–Trinajstić information content (AvgIpc) is 2.96. The van der Waals surface area contributed by atoms with Gasteiger partial charge in [-0.15, -0.1) is 0 Å². The first-order valence-corrected chi connectivity index (χ1v) is 7.73. The molecule has 1 aliphatic heterocycles. The van der Waals surface area contributed by atoms with E-state index in [-0.39, 0.29) is 5.92 Å². The standard InChI is InChI=1S/C17H23N3/c1-14-4-2-6-16(12-14)19-8-10-20(11-9-19)17-7-3-5-15(17)13-18/h2,4,6,12,15,17H,3,5,7-11H2,1H3. The predicted molar refractivity (Wildman–Crippen MR) is 81.7 cm³/mol. The van der Waals surface area contributed by atoms with Gasteiger partial charge in [-0.1, -0.05) is 18.6 Å². The molecule has 0 radical (unpaired) electrons. The first-order valence-electron chi connectivity index (χ1n) is 7.73. The SMILES string of the molecule is Cc1cccc(N2CCN(C3CCCC3C#N)CC2)c1. The molecule has 3 heteroatoms. The van der Waals surface area contributed by atoms with Gasteiger partial charge in [0, 0.05) is 37.9 Å². The summed E-state index contributed by atoms with van der Waals surface area (Å²) in [5.41, 5.74) is 2.66. The molecule has 2 unspecified atom stereocenters. The van der Waals surface area contributed by atoms with Crippen LogP contribution >= 0.6 is 0 Å². The number of piperazine rings is 1. The lowest BCUT2D eigenvalue weighted by Gasteiger charge is -2.40. The van der Waals surface area contributed by atoms with Crippen molar-refractivity contribution in [1.82, 2.24) is 4.90 Å². The highest BCUT2D eigenvalue weighted by Crippen LogP contribution is 2.30. The zero-order valence-electron chi connectivity index (χ0n) is 12.3. The first kappa shape index (κ1) is 13.5. The van der Waals surface area contributed by atoms with Crippen LogP contribution < -0.4 is 4.90 Å².